The Morgan fingerprint density at radius 3 is 2.56 bits per heavy atom. The predicted molar refractivity (Wildman–Crippen MR) is 107 cm³/mol. The third kappa shape index (κ3) is 4.20. The highest BCUT2D eigenvalue weighted by Gasteiger charge is 2.43. The van der Waals surface area contributed by atoms with E-state index in [-0.39, 0.29) is 30.2 Å². The zero-order valence-electron chi connectivity index (χ0n) is 16.8. The Hall–Kier alpha value is -2.97. The molecule has 32 heavy (non-hydrogen) atoms. The van der Waals surface area contributed by atoms with Crippen molar-refractivity contribution in [1.29, 1.82) is 5.26 Å². The maximum atomic E-state index is 14.3. The Labute approximate surface area is 185 Å². The Bertz CT molecular complexity index is 1120. The Morgan fingerprint density at radius 2 is 1.97 bits per heavy atom. The summed E-state index contributed by atoms with van der Waals surface area (Å²) >= 11 is 5.70. The third-order valence-electron chi connectivity index (χ3n) is 5.20. The van der Waals surface area contributed by atoms with Crippen LogP contribution < -0.4 is 15.5 Å². The van der Waals surface area contributed by atoms with Crippen LogP contribution in [-0.4, -0.2) is 36.6 Å². The number of amides is 1. The van der Waals surface area contributed by atoms with Gasteiger partial charge < -0.3 is 15.5 Å². The highest BCUT2D eigenvalue weighted by atomic mass is 35.5. The minimum absolute atomic E-state index is 0.0114. The number of alkyl halides is 3. The molecule has 12 heteroatoms. The van der Waals surface area contributed by atoms with Gasteiger partial charge in [-0.15, -0.1) is 0 Å². The molecule has 0 unspecified atom stereocenters. The van der Waals surface area contributed by atoms with Gasteiger partial charge >= 0.3 is 6.18 Å². The molecular formula is C20H17ClF5N5O. The van der Waals surface area contributed by atoms with Crippen LogP contribution in [0.5, 0.6) is 0 Å². The summed E-state index contributed by atoms with van der Waals surface area (Å²) in [5, 5.41) is 9.02. The second-order valence-corrected chi connectivity index (χ2v) is 7.73. The lowest BCUT2D eigenvalue weighted by atomic mass is 10.1. The molecule has 2 aromatic rings. The molecule has 2 N–H and O–H groups in total. The zero-order chi connectivity index (χ0) is 24.0. The largest absolute Gasteiger partial charge is 0.417 e. The Kier molecular flexibility index (Phi) is 6.31. The van der Waals surface area contributed by atoms with Crippen molar-refractivity contribution in [2.24, 2.45) is 5.73 Å². The van der Waals surface area contributed by atoms with Crippen molar-refractivity contribution in [1.82, 2.24) is 4.98 Å². The van der Waals surface area contributed by atoms with Crippen LogP contribution in [0.4, 0.5) is 33.5 Å². The predicted octanol–water partition coefficient (Wildman–Crippen LogP) is 3.78. The zero-order valence-corrected chi connectivity index (χ0v) is 17.6. The molecule has 0 aliphatic carbocycles. The molecular weight excluding hydrogens is 457 g/mol. The van der Waals surface area contributed by atoms with Crippen LogP contribution in [0.3, 0.4) is 0 Å². The maximum Gasteiger partial charge on any atom is 0.417 e. The number of rotatable bonds is 3. The van der Waals surface area contributed by atoms with Gasteiger partial charge in [0.1, 0.15) is 35.1 Å². The Morgan fingerprint density at radius 1 is 1.31 bits per heavy atom. The van der Waals surface area contributed by atoms with Gasteiger partial charge in [0, 0.05) is 31.4 Å². The number of likely N-dealkylation sites (N-methyl/N-ethyl adjacent to an activating group) is 1. The van der Waals surface area contributed by atoms with Crippen molar-refractivity contribution in [3.05, 3.63) is 51.7 Å². The Balaban J connectivity index is 2.07. The van der Waals surface area contributed by atoms with Crippen molar-refractivity contribution in [3.63, 3.8) is 0 Å². The topological polar surface area (TPSA) is 86.2 Å². The molecule has 2 heterocycles. The van der Waals surface area contributed by atoms with E-state index in [0.717, 1.165) is 17.0 Å². The number of carbonyl (C=O) groups is 1. The van der Waals surface area contributed by atoms with Crippen molar-refractivity contribution < 1.29 is 26.7 Å². The molecule has 170 valence electrons. The molecule has 1 aromatic carbocycles. The van der Waals surface area contributed by atoms with Crippen molar-refractivity contribution in [3.8, 4) is 6.07 Å². The molecule has 0 spiro atoms. The van der Waals surface area contributed by atoms with Crippen LogP contribution in [0, 0.1) is 29.9 Å². The van der Waals surface area contributed by atoms with Gasteiger partial charge in [0.05, 0.1) is 16.3 Å². The van der Waals surface area contributed by atoms with E-state index < -0.39 is 52.0 Å². The number of benzene rings is 1. The minimum atomic E-state index is -4.82. The summed E-state index contributed by atoms with van der Waals surface area (Å²) in [5.74, 6) is -3.20. The molecule has 1 aromatic heterocycles. The fraction of sp³-hybridized carbons (Fsp3) is 0.350. The molecule has 6 nitrogen and oxygen atoms in total. The summed E-state index contributed by atoms with van der Waals surface area (Å²) in [7, 11) is 1.20. The SMILES string of the molecule is Cc1cc(C(F)(F)F)c(C#N)c(N2CC[C@@H](N)[C@H]2C(=O)N(C)c2cc(Cl)c(F)cc2F)n1. The van der Waals surface area contributed by atoms with Crippen LogP contribution in [0.1, 0.15) is 23.2 Å². The molecule has 0 bridgehead atoms. The first kappa shape index (κ1) is 23.7. The lowest BCUT2D eigenvalue weighted by molar-refractivity contribution is -0.137. The van der Waals surface area contributed by atoms with Crippen LogP contribution in [-0.2, 0) is 11.0 Å². The van der Waals surface area contributed by atoms with Crippen LogP contribution >= 0.6 is 11.6 Å². The van der Waals surface area contributed by atoms with E-state index in [1.54, 1.807) is 0 Å². The van der Waals surface area contributed by atoms with Crippen LogP contribution in [0.2, 0.25) is 5.02 Å². The number of aryl methyl sites for hydroxylation is 1. The third-order valence-corrected chi connectivity index (χ3v) is 5.49. The average Bonchev–Trinajstić information content (AvgIpc) is 3.09. The van der Waals surface area contributed by atoms with E-state index >= 15 is 0 Å². The van der Waals surface area contributed by atoms with E-state index in [4.69, 9.17) is 17.3 Å². The first-order chi connectivity index (χ1) is 14.9. The number of halogens is 6. The lowest BCUT2D eigenvalue weighted by Gasteiger charge is -2.31. The second-order valence-electron chi connectivity index (χ2n) is 7.33. The summed E-state index contributed by atoms with van der Waals surface area (Å²) in [5.41, 5.74) is 3.79. The number of nitriles is 1. The fourth-order valence-electron chi connectivity index (χ4n) is 3.65. The molecule has 3 rings (SSSR count). The molecule has 0 saturated carbocycles. The van der Waals surface area contributed by atoms with Gasteiger partial charge in [0.2, 0.25) is 0 Å². The first-order valence-electron chi connectivity index (χ1n) is 9.30. The number of nitrogens with zero attached hydrogens (tertiary/aromatic N) is 4. The number of carbonyl (C=O) groups excluding carboxylic acids is 1. The van der Waals surface area contributed by atoms with Crippen LogP contribution in [0.15, 0.2) is 18.2 Å². The van der Waals surface area contributed by atoms with E-state index in [2.05, 4.69) is 4.98 Å². The van der Waals surface area contributed by atoms with Crippen molar-refractivity contribution in [2.75, 3.05) is 23.4 Å². The molecule has 2 atom stereocenters. The number of aromatic nitrogens is 1. The van der Waals surface area contributed by atoms with Crippen LogP contribution in [0.25, 0.3) is 0 Å². The van der Waals surface area contributed by atoms with Gasteiger partial charge in [0.15, 0.2) is 0 Å². The molecule has 1 fully saturated rings. The van der Waals surface area contributed by atoms with E-state index in [0.29, 0.717) is 6.07 Å². The minimum Gasteiger partial charge on any atom is -0.342 e. The monoisotopic (exact) mass is 473 g/mol. The van der Waals surface area contributed by atoms with Gasteiger partial charge in [-0.2, -0.15) is 18.4 Å². The molecule has 1 saturated heterocycles. The number of hydrogen-bond acceptors (Lipinski definition) is 5. The van der Waals surface area contributed by atoms with E-state index in [1.165, 1.54) is 24.9 Å². The van der Waals surface area contributed by atoms with E-state index in [1.807, 2.05) is 0 Å². The summed E-state index contributed by atoms with van der Waals surface area (Å²) in [6, 6.07) is 1.62. The number of anilines is 2. The van der Waals surface area contributed by atoms with Gasteiger partial charge in [-0.1, -0.05) is 11.6 Å². The average molecular weight is 474 g/mol. The number of hydrogen-bond donors (Lipinski definition) is 1. The van der Waals surface area contributed by atoms with Crippen molar-refractivity contribution in [2.45, 2.75) is 31.6 Å². The normalized spacial score (nSPS) is 18.6. The van der Waals surface area contributed by atoms with Gasteiger partial charge in [0.25, 0.3) is 5.91 Å². The highest BCUT2D eigenvalue weighted by Crippen LogP contribution is 2.38. The molecule has 0 radical (unpaired) electrons. The highest BCUT2D eigenvalue weighted by molar-refractivity contribution is 6.31. The summed E-state index contributed by atoms with van der Waals surface area (Å²) in [4.78, 5) is 19.4. The molecule has 1 amide bonds. The summed E-state index contributed by atoms with van der Waals surface area (Å²) < 4.78 is 68.3. The summed E-state index contributed by atoms with van der Waals surface area (Å²) in [6.45, 7) is 1.37. The second kappa shape index (κ2) is 8.52. The van der Waals surface area contributed by atoms with Gasteiger partial charge in [-0.3, -0.25) is 4.79 Å². The van der Waals surface area contributed by atoms with E-state index in [9.17, 15) is 32.0 Å². The first-order valence-corrected chi connectivity index (χ1v) is 9.67. The standard InChI is InChI=1S/C20H17ClF5N5O/c1-9-5-11(20(24,25)26)10(8-27)18(29-9)31-4-3-15(28)17(31)19(32)30(2)16-6-12(21)13(22)7-14(16)23/h5-7,15,17H,3-4,28H2,1-2H3/t15-,17+/m1/s1. The van der Waals surface area contributed by atoms with Gasteiger partial charge in [-0.05, 0) is 25.5 Å². The molecule has 1 aliphatic heterocycles. The lowest BCUT2D eigenvalue weighted by Crippen LogP contribution is -2.52. The van der Waals surface area contributed by atoms with Crippen molar-refractivity contribution >= 4 is 29.0 Å². The van der Waals surface area contributed by atoms with Gasteiger partial charge in [-0.25, -0.2) is 13.8 Å². The maximum absolute atomic E-state index is 14.3. The number of pyridine rings is 1. The molecule has 1 aliphatic rings. The quantitative estimate of drug-likeness (QED) is 0.541. The fourth-order valence-corrected chi connectivity index (χ4v) is 3.81. The number of nitrogens with two attached hydrogens (primary N) is 1. The summed E-state index contributed by atoms with van der Waals surface area (Å²) in [6.07, 6.45) is -4.61. The smallest absolute Gasteiger partial charge is 0.342 e.